The highest BCUT2D eigenvalue weighted by Crippen LogP contribution is 2.21. The van der Waals surface area contributed by atoms with E-state index in [9.17, 15) is 9.59 Å². The molecule has 0 unspecified atom stereocenters. The van der Waals surface area contributed by atoms with Gasteiger partial charge in [-0.3, -0.25) is 9.59 Å². The van der Waals surface area contributed by atoms with Gasteiger partial charge >= 0.3 is 0 Å². The van der Waals surface area contributed by atoms with E-state index in [1.54, 1.807) is 36.4 Å². The van der Waals surface area contributed by atoms with E-state index in [4.69, 9.17) is 4.74 Å². The second-order valence-electron chi connectivity index (χ2n) is 5.94. The number of carbonyl (C=O) groups is 2. The molecule has 0 radical (unpaired) electrons. The Kier molecular flexibility index (Phi) is 5.28. The molecule has 1 aromatic carbocycles. The van der Waals surface area contributed by atoms with Crippen molar-refractivity contribution in [2.75, 3.05) is 18.6 Å². The summed E-state index contributed by atoms with van der Waals surface area (Å²) in [4.78, 5) is 30.1. The smallest absolute Gasteiger partial charge is 0.251 e. The first-order chi connectivity index (χ1) is 12.2. The van der Waals surface area contributed by atoms with Crippen molar-refractivity contribution in [2.24, 2.45) is 0 Å². The summed E-state index contributed by atoms with van der Waals surface area (Å²) >= 11 is 0. The zero-order valence-electron chi connectivity index (χ0n) is 14.2. The molecule has 1 aliphatic heterocycles. The number of anilines is 1. The minimum Gasteiger partial charge on any atom is -0.481 e. The molecule has 1 N–H and O–H groups in total. The highest BCUT2D eigenvalue weighted by molar-refractivity contribution is 5.96. The van der Waals surface area contributed by atoms with Crippen molar-refractivity contribution in [1.82, 2.24) is 10.3 Å². The van der Waals surface area contributed by atoms with Gasteiger partial charge in [-0.05, 0) is 42.7 Å². The number of nitrogens with one attached hydrogen (secondary N) is 1. The van der Waals surface area contributed by atoms with Crippen LogP contribution in [-0.2, 0) is 11.3 Å². The van der Waals surface area contributed by atoms with Crippen LogP contribution in [-0.4, -0.2) is 30.5 Å². The Morgan fingerprint density at radius 3 is 2.64 bits per heavy atom. The predicted molar refractivity (Wildman–Crippen MR) is 94.6 cm³/mol. The maximum atomic E-state index is 12.3. The number of methoxy groups -OCH3 is 1. The lowest BCUT2D eigenvalue weighted by Gasteiger charge is -2.26. The summed E-state index contributed by atoms with van der Waals surface area (Å²) in [6.45, 7) is 1.14. The van der Waals surface area contributed by atoms with Crippen molar-refractivity contribution in [2.45, 2.75) is 25.8 Å². The van der Waals surface area contributed by atoms with E-state index < -0.39 is 0 Å². The number of amides is 2. The molecule has 0 atom stereocenters. The van der Waals surface area contributed by atoms with Crippen LogP contribution >= 0.6 is 0 Å². The van der Waals surface area contributed by atoms with Gasteiger partial charge in [0.1, 0.15) is 0 Å². The maximum Gasteiger partial charge on any atom is 0.251 e. The second kappa shape index (κ2) is 7.79. The molecule has 1 aromatic heterocycles. The van der Waals surface area contributed by atoms with Crippen molar-refractivity contribution in [3.63, 3.8) is 0 Å². The minimum absolute atomic E-state index is 0.149. The lowest BCUT2D eigenvalue weighted by atomic mass is 10.1. The zero-order chi connectivity index (χ0) is 17.6. The molecule has 2 heterocycles. The Labute approximate surface area is 146 Å². The molecule has 0 spiro atoms. The minimum atomic E-state index is -0.160. The summed E-state index contributed by atoms with van der Waals surface area (Å²) in [5, 5.41) is 2.86. The predicted octanol–water partition coefficient (Wildman–Crippen LogP) is 2.54. The van der Waals surface area contributed by atoms with Gasteiger partial charge < -0.3 is 15.0 Å². The second-order valence-corrected chi connectivity index (χ2v) is 5.94. The third kappa shape index (κ3) is 4.15. The van der Waals surface area contributed by atoms with Crippen molar-refractivity contribution in [3.05, 3.63) is 53.7 Å². The summed E-state index contributed by atoms with van der Waals surface area (Å²) in [5.41, 5.74) is 2.31. The van der Waals surface area contributed by atoms with Crippen LogP contribution in [0.2, 0.25) is 0 Å². The Balaban J connectivity index is 1.59. The van der Waals surface area contributed by atoms with Gasteiger partial charge in [-0.1, -0.05) is 6.07 Å². The van der Waals surface area contributed by atoms with Crippen LogP contribution < -0.4 is 15.0 Å². The monoisotopic (exact) mass is 339 g/mol. The molecule has 0 saturated carbocycles. The van der Waals surface area contributed by atoms with Crippen LogP contribution in [0.15, 0.2) is 42.6 Å². The lowest BCUT2D eigenvalue weighted by molar-refractivity contribution is -0.119. The molecule has 1 fully saturated rings. The molecule has 2 aromatic rings. The summed E-state index contributed by atoms with van der Waals surface area (Å²) in [6, 6.07) is 10.8. The van der Waals surface area contributed by atoms with Gasteiger partial charge in [0.25, 0.3) is 5.91 Å². The molecule has 6 nitrogen and oxygen atoms in total. The van der Waals surface area contributed by atoms with Crippen molar-refractivity contribution in [1.29, 1.82) is 0 Å². The van der Waals surface area contributed by atoms with Crippen LogP contribution in [0.25, 0.3) is 0 Å². The first kappa shape index (κ1) is 17.0. The van der Waals surface area contributed by atoms with Gasteiger partial charge in [-0.2, -0.15) is 0 Å². The number of hydrogen-bond acceptors (Lipinski definition) is 4. The van der Waals surface area contributed by atoms with Crippen LogP contribution in [0.3, 0.4) is 0 Å². The number of aromatic nitrogens is 1. The van der Waals surface area contributed by atoms with Crippen molar-refractivity contribution in [3.8, 4) is 5.88 Å². The summed E-state index contributed by atoms with van der Waals surface area (Å²) < 4.78 is 5.01. The number of hydrogen-bond donors (Lipinski definition) is 1. The Hall–Kier alpha value is -2.89. The van der Waals surface area contributed by atoms with Crippen molar-refractivity contribution < 1.29 is 14.3 Å². The zero-order valence-corrected chi connectivity index (χ0v) is 14.2. The van der Waals surface area contributed by atoms with Crippen LogP contribution in [0, 0.1) is 0 Å². The van der Waals surface area contributed by atoms with Gasteiger partial charge in [0, 0.05) is 43.0 Å². The molecule has 2 amide bonds. The Bertz CT molecular complexity index is 742. The quantitative estimate of drug-likeness (QED) is 0.909. The lowest BCUT2D eigenvalue weighted by Crippen LogP contribution is -2.35. The molecule has 130 valence electrons. The van der Waals surface area contributed by atoms with E-state index in [0.29, 0.717) is 24.4 Å². The maximum absolute atomic E-state index is 12.3. The molecular formula is C19H21N3O3. The largest absolute Gasteiger partial charge is 0.481 e. The molecule has 3 rings (SSSR count). The van der Waals surface area contributed by atoms with E-state index in [0.717, 1.165) is 30.6 Å². The van der Waals surface area contributed by atoms with E-state index in [1.165, 1.54) is 0 Å². The van der Waals surface area contributed by atoms with Crippen LogP contribution in [0.5, 0.6) is 5.88 Å². The van der Waals surface area contributed by atoms with Gasteiger partial charge in [-0.25, -0.2) is 4.98 Å². The SMILES string of the molecule is COc1ccc(CNC(=O)c2ccc(N3CCCCC3=O)cc2)cn1. The summed E-state index contributed by atoms with van der Waals surface area (Å²) in [7, 11) is 1.56. The Morgan fingerprint density at radius 2 is 2.00 bits per heavy atom. The number of nitrogens with zero attached hydrogens (tertiary/aromatic N) is 2. The summed E-state index contributed by atoms with van der Waals surface area (Å²) in [5.74, 6) is 0.528. The third-order valence-electron chi connectivity index (χ3n) is 4.22. The fraction of sp³-hybridized carbons (Fsp3) is 0.316. The standard InChI is InChI=1S/C19H21N3O3/c1-25-17-10-5-14(12-20-17)13-21-19(24)15-6-8-16(9-7-15)22-11-3-2-4-18(22)23/h5-10,12H,2-4,11,13H2,1H3,(H,21,24). The first-order valence-corrected chi connectivity index (χ1v) is 8.35. The molecule has 6 heteroatoms. The van der Waals surface area contributed by atoms with Gasteiger partial charge in [0.2, 0.25) is 11.8 Å². The third-order valence-corrected chi connectivity index (χ3v) is 4.22. The van der Waals surface area contributed by atoms with Gasteiger partial charge in [0.05, 0.1) is 7.11 Å². The topological polar surface area (TPSA) is 71.5 Å². The molecule has 1 aliphatic rings. The number of ether oxygens (including phenoxy) is 1. The summed E-state index contributed by atoms with van der Waals surface area (Å²) in [6.07, 6.45) is 4.24. The van der Waals surface area contributed by atoms with Crippen molar-refractivity contribution >= 4 is 17.5 Å². The van der Waals surface area contributed by atoms with E-state index >= 15 is 0 Å². The Morgan fingerprint density at radius 1 is 1.20 bits per heavy atom. The fourth-order valence-corrected chi connectivity index (χ4v) is 2.79. The van der Waals surface area contributed by atoms with Crippen LogP contribution in [0.1, 0.15) is 35.2 Å². The average Bonchev–Trinajstić information content (AvgIpc) is 2.67. The molecule has 25 heavy (non-hydrogen) atoms. The number of carbonyl (C=O) groups excluding carboxylic acids is 2. The van der Waals surface area contributed by atoms with E-state index in [-0.39, 0.29) is 11.8 Å². The molecule has 1 saturated heterocycles. The molecular weight excluding hydrogens is 318 g/mol. The number of pyridine rings is 1. The number of piperidine rings is 1. The number of benzene rings is 1. The first-order valence-electron chi connectivity index (χ1n) is 8.35. The normalized spacial score (nSPS) is 14.3. The fourth-order valence-electron chi connectivity index (χ4n) is 2.79. The van der Waals surface area contributed by atoms with E-state index in [1.807, 2.05) is 18.2 Å². The van der Waals surface area contributed by atoms with Gasteiger partial charge in [-0.15, -0.1) is 0 Å². The number of rotatable bonds is 5. The molecule has 0 aliphatic carbocycles. The highest BCUT2D eigenvalue weighted by Gasteiger charge is 2.19. The molecule has 0 bridgehead atoms. The highest BCUT2D eigenvalue weighted by atomic mass is 16.5. The van der Waals surface area contributed by atoms with Crippen LogP contribution in [0.4, 0.5) is 5.69 Å². The average molecular weight is 339 g/mol. The van der Waals surface area contributed by atoms with E-state index in [2.05, 4.69) is 10.3 Å². The van der Waals surface area contributed by atoms with Gasteiger partial charge in [0.15, 0.2) is 0 Å².